The van der Waals surface area contributed by atoms with Crippen LogP contribution in [-0.4, -0.2) is 64.2 Å². The highest BCUT2D eigenvalue weighted by Gasteiger charge is 2.42. The van der Waals surface area contributed by atoms with E-state index in [-0.39, 0.29) is 11.5 Å². The van der Waals surface area contributed by atoms with Gasteiger partial charge >= 0.3 is 10.4 Å². The van der Waals surface area contributed by atoms with Crippen molar-refractivity contribution >= 4 is 21.3 Å². The third-order valence-corrected chi connectivity index (χ3v) is 5.82. The number of rotatable bonds is 4. The summed E-state index contributed by atoms with van der Waals surface area (Å²) >= 11 is 0. The lowest BCUT2D eigenvalue weighted by atomic mass is 9.73. The van der Waals surface area contributed by atoms with E-state index in [1.54, 1.807) is 13.3 Å². The van der Waals surface area contributed by atoms with Gasteiger partial charge in [0.05, 0.1) is 18.7 Å². The number of piperidine rings is 3. The fourth-order valence-electron chi connectivity index (χ4n) is 4.44. The van der Waals surface area contributed by atoms with E-state index in [1.807, 2.05) is 24.3 Å². The quantitative estimate of drug-likeness (QED) is 0.480. The molecule has 1 unspecified atom stereocenters. The zero-order chi connectivity index (χ0) is 21.2. The molecule has 0 saturated carbocycles. The zero-order valence-corrected chi connectivity index (χ0v) is 17.5. The Morgan fingerprint density at radius 3 is 2.60 bits per heavy atom. The molecule has 3 aliphatic rings. The van der Waals surface area contributed by atoms with Crippen molar-refractivity contribution in [1.82, 2.24) is 9.88 Å². The van der Waals surface area contributed by atoms with Gasteiger partial charge in [-0.15, -0.1) is 6.58 Å². The molecule has 166 valence electrons. The first-order chi connectivity index (χ1) is 13.7. The lowest BCUT2D eigenvalue weighted by molar-refractivity contribution is -0.0444. The zero-order valence-electron chi connectivity index (χ0n) is 16.7. The number of aliphatic hydroxyl groups excluding tert-OH is 1. The van der Waals surface area contributed by atoms with Crippen LogP contribution in [0.4, 0.5) is 0 Å². The van der Waals surface area contributed by atoms with Crippen LogP contribution in [-0.2, 0) is 10.4 Å². The Morgan fingerprint density at radius 2 is 2.03 bits per heavy atom. The molecule has 3 saturated heterocycles. The van der Waals surface area contributed by atoms with Crippen molar-refractivity contribution < 1.29 is 32.8 Å². The van der Waals surface area contributed by atoms with Gasteiger partial charge in [0.1, 0.15) is 5.75 Å². The number of aromatic nitrogens is 1. The molecule has 5 rings (SSSR count). The third kappa shape index (κ3) is 5.54. The maximum absolute atomic E-state index is 11.2. The highest BCUT2D eigenvalue weighted by Crippen LogP contribution is 2.42. The first-order valence-electron chi connectivity index (χ1n) is 9.38. The summed E-state index contributed by atoms with van der Waals surface area (Å²) in [6, 6.07) is 7.96. The van der Waals surface area contributed by atoms with Crippen LogP contribution in [0.2, 0.25) is 0 Å². The molecule has 1 aromatic carbocycles. The molecule has 4 heterocycles. The highest BCUT2D eigenvalue weighted by atomic mass is 32.3. The highest BCUT2D eigenvalue weighted by molar-refractivity contribution is 7.79. The molecule has 0 radical (unpaired) electrons. The van der Waals surface area contributed by atoms with Crippen molar-refractivity contribution in [2.45, 2.75) is 25.0 Å². The van der Waals surface area contributed by atoms with Crippen molar-refractivity contribution in [2.24, 2.45) is 11.8 Å². The molecule has 0 aliphatic carbocycles. The summed E-state index contributed by atoms with van der Waals surface area (Å²) in [5.41, 5.74) is 1.85. The average molecular weight is 441 g/mol. The maximum atomic E-state index is 11.2. The number of fused-ring (bicyclic) bond motifs is 4. The van der Waals surface area contributed by atoms with E-state index >= 15 is 0 Å². The van der Waals surface area contributed by atoms with Gasteiger partial charge < -0.3 is 15.3 Å². The molecule has 9 nitrogen and oxygen atoms in total. The summed E-state index contributed by atoms with van der Waals surface area (Å²) in [6.45, 7) is 6.07. The number of pyridine rings is 1. The van der Waals surface area contributed by atoms with E-state index in [1.165, 1.54) is 6.42 Å². The van der Waals surface area contributed by atoms with E-state index in [0.717, 1.165) is 41.7 Å². The normalized spacial score (nSPS) is 26.1. The third-order valence-electron chi connectivity index (χ3n) is 5.82. The number of aliphatic hydroxyl groups is 1. The van der Waals surface area contributed by atoms with Gasteiger partial charge in [-0.1, -0.05) is 6.08 Å². The molecule has 5 N–H and O–H groups in total. The van der Waals surface area contributed by atoms with Crippen molar-refractivity contribution in [3.63, 3.8) is 0 Å². The van der Waals surface area contributed by atoms with Gasteiger partial charge in [-0.3, -0.25) is 19.0 Å². The molecule has 0 spiro atoms. The summed E-state index contributed by atoms with van der Waals surface area (Å²) in [6.07, 6.45) is 5.62. The van der Waals surface area contributed by atoms with Gasteiger partial charge in [-0.2, -0.15) is 8.42 Å². The van der Waals surface area contributed by atoms with E-state index in [9.17, 15) is 5.11 Å². The van der Waals surface area contributed by atoms with Crippen LogP contribution in [0, 0.1) is 11.8 Å². The second kappa shape index (κ2) is 9.82. The minimum absolute atomic E-state index is 0. The molecular formula is C20H28N2O7S. The van der Waals surface area contributed by atoms with Gasteiger partial charge in [-0.25, -0.2) is 0 Å². The molecule has 1 aromatic heterocycles. The standard InChI is InChI=1S/C20H24N2O2.H2O4S.H2O/c1-3-13-12-22-9-7-14(13)10-19(22)20(23)16-6-8-21-18-5-4-15(24-2)11-17(16)18;1-5(2,3)4;/h3-6,8,11,13-14,19-20,23H,1,7,9-10,12H2,2H3;(H2,1,2,3,4);1H2/t13-,14-,19+,20-;;/m0../s1. The Labute approximate surface area is 175 Å². The Kier molecular flexibility index (Phi) is 7.92. The minimum atomic E-state index is -4.67. The minimum Gasteiger partial charge on any atom is -0.497 e. The molecular weight excluding hydrogens is 412 g/mol. The first-order valence-corrected chi connectivity index (χ1v) is 10.8. The van der Waals surface area contributed by atoms with Crippen LogP contribution >= 0.6 is 0 Å². The molecule has 30 heavy (non-hydrogen) atoms. The van der Waals surface area contributed by atoms with Crippen LogP contribution in [0.5, 0.6) is 5.75 Å². The fraction of sp³-hybridized carbons (Fsp3) is 0.450. The van der Waals surface area contributed by atoms with E-state index in [4.69, 9.17) is 22.3 Å². The molecule has 0 amide bonds. The van der Waals surface area contributed by atoms with Crippen molar-refractivity contribution in [3.05, 3.63) is 48.7 Å². The lowest BCUT2D eigenvalue weighted by Crippen LogP contribution is -2.54. The molecule has 3 fully saturated rings. The number of methoxy groups -OCH3 is 1. The van der Waals surface area contributed by atoms with Crippen molar-refractivity contribution in [3.8, 4) is 5.75 Å². The Balaban J connectivity index is 0.000000482. The largest absolute Gasteiger partial charge is 0.497 e. The second-order valence-corrected chi connectivity index (χ2v) is 8.32. The van der Waals surface area contributed by atoms with Crippen LogP contribution in [0.1, 0.15) is 24.5 Å². The molecule has 10 heteroatoms. The second-order valence-electron chi connectivity index (χ2n) is 7.42. The Morgan fingerprint density at radius 1 is 1.33 bits per heavy atom. The smallest absolute Gasteiger partial charge is 0.394 e. The topological polar surface area (TPSA) is 152 Å². The predicted molar refractivity (Wildman–Crippen MR) is 113 cm³/mol. The fourth-order valence-corrected chi connectivity index (χ4v) is 4.44. The lowest BCUT2D eigenvalue weighted by Gasteiger charge is -2.50. The van der Waals surface area contributed by atoms with Gasteiger partial charge in [0, 0.05) is 24.2 Å². The van der Waals surface area contributed by atoms with Crippen LogP contribution in [0.15, 0.2) is 43.1 Å². The molecule has 2 bridgehead atoms. The number of benzene rings is 1. The number of ether oxygens (including phenoxy) is 1. The Hall–Kier alpha value is -2.08. The number of hydrogen-bond acceptors (Lipinski definition) is 6. The summed E-state index contributed by atoms with van der Waals surface area (Å²) in [5.74, 6) is 2.01. The summed E-state index contributed by atoms with van der Waals surface area (Å²) in [5, 5.41) is 12.1. The van der Waals surface area contributed by atoms with E-state index in [2.05, 4.69) is 22.5 Å². The van der Waals surface area contributed by atoms with E-state index < -0.39 is 16.5 Å². The molecule has 3 aliphatic heterocycles. The maximum Gasteiger partial charge on any atom is 0.394 e. The molecule has 2 aromatic rings. The first kappa shape index (κ1) is 24.2. The summed E-state index contributed by atoms with van der Waals surface area (Å²) in [7, 11) is -3.01. The summed E-state index contributed by atoms with van der Waals surface area (Å²) < 4.78 is 36.9. The van der Waals surface area contributed by atoms with Gasteiger partial charge in [-0.05, 0) is 61.1 Å². The SMILES string of the molecule is C=C[C@H]1CN2CC[C@H]1C[C@@H]2[C@@H](O)c1ccnc2ccc(OC)cc12.O.O=S(=O)(O)O. The van der Waals surface area contributed by atoms with E-state index in [0.29, 0.717) is 11.8 Å². The van der Waals surface area contributed by atoms with Crippen LogP contribution < -0.4 is 4.74 Å². The average Bonchev–Trinajstić information content (AvgIpc) is 2.71. The molecule has 5 atom stereocenters. The van der Waals surface area contributed by atoms with Crippen LogP contribution in [0.3, 0.4) is 0 Å². The van der Waals surface area contributed by atoms with Gasteiger partial charge in [0.15, 0.2) is 0 Å². The van der Waals surface area contributed by atoms with Crippen molar-refractivity contribution in [2.75, 3.05) is 20.2 Å². The van der Waals surface area contributed by atoms with Crippen LogP contribution in [0.25, 0.3) is 10.9 Å². The summed E-state index contributed by atoms with van der Waals surface area (Å²) in [4.78, 5) is 6.86. The monoisotopic (exact) mass is 440 g/mol. The van der Waals surface area contributed by atoms with Crippen molar-refractivity contribution in [1.29, 1.82) is 0 Å². The number of hydrogen-bond donors (Lipinski definition) is 3. The van der Waals surface area contributed by atoms with Gasteiger partial charge in [0.25, 0.3) is 0 Å². The Bertz CT molecular complexity index is 974. The number of nitrogens with zero attached hydrogens (tertiary/aromatic N) is 2. The predicted octanol–water partition coefficient (Wildman–Crippen LogP) is 1.70. The van der Waals surface area contributed by atoms with Gasteiger partial charge in [0.2, 0.25) is 0 Å².